The molecule has 0 amide bonds. The molecule has 0 bridgehead atoms. The van der Waals surface area contributed by atoms with Crippen LogP contribution in [0.4, 0.5) is 5.82 Å². The lowest BCUT2D eigenvalue weighted by molar-refractivity contribution is 0.496. The van der Waals surface area contributed by atoms with E-state index in [0.717, 1.165) is 23.4 Å². The van der Waals surface area contributed by atoms with Crippen molar-refractivity contribution in [2.75, 3.05) is 11.9 Å². The van der Waals surface area contributed by atoms with Gasteiger partial charge in [-0.25, -0.2) is 4.68 Å². The SMILES string of the molecule is CCCC(C)c1nn2c(c1Br)NCC(c1ccccc1)C2. The Morgan fingerprint density at radius 3 is 2.86 bits per heavy atom. The fourth-order valence-electron chi connectivity index (χ4n) is 3.09. The second kappa shape index (κ2) is 6.22. The molecule has 0 fully saturated rings. The van der Waals surface area contributed by atoms with E-state index in [9.17, 15) is 0 Å². The first kappa shape index (κ1) is 14.6. The van der Waals surface area contributed by atoms with Crippen molar-refractivity contribution in [1.82, 2.24) is 9.78 Å². The number of aromatic nitrogens is 2. The second-order valence-corrected chi connectivity index (χ2v) is 6.70. The van der Waals surface area contributed by atoms with E-state index in [1.165, 1.54) is 24.1 Å². The van der Waals surface area contributed by atoms with Crippen LogP contribution < -0.4 is 5.32 Å². The lowest BCUT2D eigenvalue weighted by atomic mass is 9.98. The molecule has 4 heteroatoms. The van der Waals surface area contributed by atoms with Crippen molar-refractivity contribution in [2.24, 2.45) is 0 Å². The molecule has 1 aromatic carbocycles. The summed E-state index contributed by atoms with van der Waals surface area (Å²) < 4.78 is 3.28. The third-order valence-electron chi connectivity index (χ3n) is 4.29. The van der Waals surface area contributed by atoms with Gasteiger partial charge in [0.2, 0.25) is 0 Å². The van der Waals surface area contributed by atoms with E-state index in [1.807, 2.05) is 0 Å². The highest BCUT2D eigenvalue weighted by Crippen LogP contribution is 2.36. The van der Waals surface area contributed by atoms with Crippen LogP contribution in [0, 0.1) is 0 Å². The number of nitrogens with one attached hydrogen (secondary N) is 1. The molecule has 1 aliphatic heterocycles. The van der Waals surface area contributed by atoms with Crippen molar-refractivity contribution < 1.29 is 0 Å². The van der Waals surface area contributed by atoms with Crippen molar-refractivity contribution in [2.45, 2.75) is 45.1 Å². The van der Waals surface area contributed by atoms with Gasteiger partial charge in [0.25, 0.3) is 0 Å². The maximum atomic E-state index is 4.85. The highest BCUT2D eigenvalue weighted by molar-refractivity contribution is 9.10. The summed E-state index contributed by atoms with van der Waals surface area (Å²) in [5, 5.41) is 8.40. The molecule has 2 unspecified atom stereocenters. The highest BCUT2D eigenvalue weighted by Gasteiger charge is 2.26. The van der Waals surface area contributed by atoms with E-state index in [4.69, 9.17) is 5.10 Å². The van der Waals surface area contributed by atoms with Crippen molar-refractivity contribution in [1.29, 1.82) is 0 Å². The molecular formula is C17H22BrN3. The van der Waals surface area contributed by atoms with E-state index in [-0.39, 0.29) is 0 Å². The molecule has 2 aromatic rings. The lowest BCUT2D eigenvalue weighted by Gasteiger charge is -2.25. The van der Waals surface area contributed by atoms with Crippen LogP contribution >= 0.6 is 15.9 Å². The van der Waals surface area contributed by atoms with Crippen molar-refractivity contribution in [3.8, 4) is 0 Å². The number of fused-ring (bicyclic) bond motifs is 1. The van der Waals surface area contributed by atoms with Crippen LogP contribution in [0.15, 0.2) is 34.8 Å². The summed E-state index contributed by atoms with van der Waals surface area (Å²) in [6, 6.07) is 10.7. The quantitative estimate of drug-likeness (QED) is 0.863. The molecule has 1 N–H and O–H groups in total. The molecule has 2 atom stereocenters. The maximum absolute atomic E-state index is 4.85. The van der Waals surface area contributed by atoms with Crippen LogP contribution in [0.3, 0.4) is 0 Å². The Balaban J connectivity index is 1.85. The first-order chi connectivity index (χ1) is 10.2. The molecule has 1 aromatic heterocycles. The average Bonchev–Trinajstić information content (AvgIpc) is 2.85. The van der Waals surface area contributed by atoms with E-state index in [0.29, 0.717) is 11.8 Å². The van der Waals surface area contributed by atoms with Crippen molar-refractivity contribution >= 4 is 21.7 Å². The third-order valence-corrected chi connectivity index (χ3v) is 5.07. The van der Waals surface area contributed by atoms with Crippen molar-refractivity contribution in [3.05, 3.63) is 46.1 Å². The predicted octanol–water partition coefficient (Wildman–Crippen LogP) is 4.76. The Kier molecular flexibility index (Phi) is 4.34. The smallest absolute Gasteiger partial charge is 0.139 e. The van der Waals surface area contributed by atoms with E-state index in [2.05, 4.69) is 70.1 Å². The molecule has 0 spiro atoms. The maximum Gasteiger partial charge on any atom is 0.139 e. The molecule has 3 nitrogen and oxygen atoms in total. The Hall–Kier alpha value is -1.29. The van der Waals surface area contributed by atoms with Crippen LogP contribution in [0.2, 0.25) is 0 Å². The Labute approximate surface area is 134 Å². The largest absolute Gasteiger partial charge is 0.369 e. The zero-order valence-corrected chi connectivity index (χ0v) is 14.2. The number of halogens is 1. The second-order valence-electron chi connectivity index (χ2n) is 5.91. The molecule has 1 aliphatic rings. The van der Waals surface area contributed by atoms with Crippen LogP contribution in [0.25, 0.3) is 0 Å². The number of anilines is 1. The third kappa shape index (κ3) is 2.86. The van der Waals surface area contributed by atoms with Gasteiger partial charge in [-0.1, -0.05) is 50.6 Å². The molecule has 0 saturated heterocycles. The first-order valence-corrected chi connectivity index (χ1v) is 8.55. The topological polar surface area (TPSA) is 29.9 Å². The normalized spacial score (nSPS) is 18.9. The van der Waals surface area contributed by atoms with Crippen LogP contribution in [0.5, 0.6) is 0 Å². The molecule has 112 valence electrons. The van der Waals surface area contributed by atoms with Gasteiger partial charge < -0.3 is 5.32 Å². The van der Waals surface area contributed by atoms with Gasteiger partial charge in [0.05, 0.1) is 16.7 Å². The molecule has 3 rings (SSSR count). The zero-order valence-electron chi connectivity index (χ0n) is 12.6. The van der Waals surface area contributed by atoms with Crippen molar-refractivity contribution in [3.63, 3.8) is 0 Å². The molecule has 0 saturated carbocycles. The molecule has 0 aliphatic carbocycles. The standard InChI is InChI=1S/C17H22BrN3/c1-3-7-12(2)16-15(18)17-19-10-14(11-21(17)20-16)13-8-5-4-6-9-13/h4-6,8-9,12,14,19H,3,7,10-11H2,1-2H3. The summed E-state index contributed by atoms with van der Waals surface area (Å²) in [6.45, 7) is 6.40. The minimum atomic E-state index is 0.486. The molecule has 2 heterocycles. The minimum absolute atomic E-state index is 0.486. The average molecular weight is 348 g/mol. The van der Waals surface area contributed by atoms with Gasteiger partial charge in [-0.05, 0) is 27.9 Å². The van der Waals surface area contributed by atoms with Gasteiger partial charge in [0.1, 0.15) is 5.82 Å². The summed E-state index contributed by atoms with van der Waals surface area (Å²) in [7, 11) is 0. The number of hydrogen-bond acceptors (Lipinski definition) is 2. The summed E-state index contributed by atoms with van der Waals surface area (Å²) >= 11 is 3.74. The number of rotatable bonds is 4. The van der Waals surface area contributed by atoms with E-state index in [1.54, 1.807) is 0 Å². The molecule has 21 heavy (non-hydrogen) atoms. The molecule has 0 radical (unpaired) electrons. The summed E-state index contributed by atoms with van der Waals surface area (Å²) in [5.41, 5.74) is 2.57. The van der Waals surface area contributed by atoms with Gasteiger partial charge in [-0.3, -0.25) is 0 Å². The van der Waals surface area contributed by atoms with Gasteiger partial charge in [0.15, 0.2) is 0 Å². The fourth-order valence-corrected chi connectivity index (χ4v) is 3.90. The van der Waals surface area contributed by atoms with Gasteiger partial charge >= 0.3 is 0 Å². The zero-order chi connectivity index (χ0) is 14.8. The van der Waals surface area contributed by atoms with Gasteiger partial charge in [0, 0.05) is 18.4 Å². The van der Waals surface area contributed by atoms with Crippen LogP contribution in [-0.2, 0) is 6.54 Å². The predicted molar refractivity (Wildman–Crippen MR) is 90.9 cm³/mol. The van der Waals surface area contributed by atoms with Gasteiger partial charge in [-0.2, -0.15) is 5.10 Å². The lowest BCUT2D eigenvalue weighted by Crippen LogP contribution is -2.26. The molecular weight excluding hydrogens is 326 g/mol. The first-order valence-electron chi connectivity index (χ1n) is 7.75. The minimum Gasteiger partial charge on any atom is -0.369 e. The summed E-state index contributed by atoms with van der Waals surface area (Å²) in [5.74, 6) is 2.12. The number of nitrogens with zero attached hydrogens (tertiary/aromatic N) is 2. The number of benzene rings is 1. The monoisotopic (exact) mass is 347 g/mol. The van der Waals surface area contributed by atoms with Crippen LogP contribution in [0.1, 0.15) is 49.8 Å². The Bertz CT molecular complexity index is 606. The Morgan fingerprint density at radius 1 is 1.38 bits per heavy atom. The highest BCUT2D eigenvalue weighted by atomic mass is 79.9. The van der Waals surface area contributed by atoms with Gasteiger partial charge in [-0.15, -0.1) is 0 Å². The van der Waals surface area contributed by atoms with Crippen LogP contribution in [-0.4, -0.2) is 16.3 Å². The summed E-state index contributed by atoms with van der Waals surface area (Å²) in [6.07, 6.45) is 2.37. The Morgan fingerprint density at radius 2 is 2.14 bits per heavy atom. The van der Waals surface area contributed by atoms with E-state index < -0.39 is 0 Å². The fraction of sp³-hybridized carbons (Fsp3) is 0.471. The number of hydrogen-bond donors (Lipinski definition) is 1. The summed E-state index contributed by atoms with van der Waals surface area (Å²) in [4.78, 5) is 0. The van der Waals surface area contributed by atoms with E-state index >= 15 is 0 Å².